The van der Waals surface area contributed by atoms with Crippen molar-refractivity contribution in [2.24, 2.45) is 5.41 Å². The lowest BCUT2D eigenvalue weighted by atomic mass is 9.80. The van der Waals surface area contributed by atoms with E-state index in [1.54, 1.807) is 0 Å². The normalized spacial score (nSPS) is 24.5. The minimum absolute atomic E-state index is 0.00841. The average Bonchev–Trinajstić information content (AvgIpc) is 2.49. The molecule has 0 saturated carbocycles. The van der Waals surface area contributed by atoms with E-state index < -0.39 is 11.4 Å². The molecule has 1 aromatic rings. The third kappa shape index (κ3) is 2.97. The van der Waals surface area contributed by atoms with Gasteiger partial charge in [-0.1, -0.05) is 12.1 Å². The second kappa shape index (κ2) is 5.56. The van der Waals surface area contributed by atoms with Gasteiger partial charge >= 0.3 is 5.97 Å². The van der Waals surface area contributed by atoms with E-state index in [0.717, 1.165) is 31.1 Å². The van der Waals surface area contributed by atoms with Gasteiger partial charge in [-0.15, -0.1) is 0 Å². The number of carbonyl (C=O) groups is 1. The van der Waals surface area contributed by atoms with Gasteiger partial charge in [0.2, 0.25) is 0 Å². The second-order valence-electron chi connectivity index (χ2n) is 6.16. The van der Waals surface area contributed by atoms with E-state index in [2.05, 4.69) is 4.90 Å². The van der Waals surface area contributed by atoms with Gasteiger partial charge < -0.3 is 14.6 Å². The van der Waals surface area contributed by atoms with Gasteiger partial charge in [-0.05, 0) is 45.0 Å². The Balaban J connectivity index is 1.54. The molecule has 21 heavy (non-hydrogen) atoms. The van der Waals surface area contributed by atoms with E-state index >= 15 is 0 Å². The van der Waals surface area contributed by atoms with Crippen molar-refractivity contribution in [3.05, 3.63) is 24.3 Å². The summed E-state index contributed by atoms with van der Waals surface area (Å²) in [7, 11) is 0. The van der Waals surface area contributed by atoms with E-state index in [4.69, 9.17) is 9.47 Å². The smallest absolute Gasteiger partial charge is 0.309 e. The van der Waals surface area contributed by atoms with Crippen LogP contribution in [0.2, 0.25) is 0 Å². The summed E-state index contributed by atoms with van der Waals surface area (Å²) in [6.07, 6.45) is 1.38. The number of para-hydroxylation sites is 2. The molecule has 2 heterocycles. The maximum absolute atomic E-state index is 11.2. The van der Waals surface area contributed by atoms with Crippen LogP contribution in [0.4, 0.5) is 0 Å². The molecule has 0 aromatic heterocycles. The lowest BCUT2D eigenvalue weighted by molar-refractivity contribution is -0.150. The number of piperidine rings is 1. The van der Waals surface area contributed by atoms with Gasteiger partial charge in [0.25, 0.3) is 0 Å². The predicted octanol–water partition coefficient (Wildman–Crippen LogP) is 2.01. The lowest BCUT2D eigenvalue weighted by Gasteiger charge is -2.38. The molecule has 2 aliphatic rings. The number of aliphatic carboxylic acids is 1. The highest BCUT2D eigenvalue weighted by molar-refractivity contribution is 5.74. The topological polar surface area (TPSA) is 59.0 Å². The summed E-state index contributed by atoms with van der Waals surface area (Å²) in [6.45, 7) is 4.76. The molecule has 3 rings (SSSR count). The van der Waals surface area contributed by atoms with Crippen LogP contribution in [0.15, 0.2) is 24.3 Å². The highest BCUT2D eigenvalue weighted by atomic mass is 16.6. The molecule has 0 amide bonds. The van der Waals surface area contributed by atoms with Crippen molar-refractivity contribution in [1.82, 2.24) is 4.90 Å². The zero-order valence-electron chi connectivity index (χ0n) is 12.2. The zero-order chi connectivity index (χ0) is 14.9. The third-order valence-electron chi connectivity index (χ3n) is 4.51. The summed E-state index contributed by atoms with van der Waals surface area (Å²) < 4.78 is 11.7. The quantitative estimate of drug-likeness (QED) is 0.923. The molecule has 0 aliphatic carbocycles. The van der Waals surface area contributed by atoms with Gasteiger partial charge in [0.1, 0.15) is 12.7 Å². The van der Waals surface area contributed by atoms with E-state index in [-0.39, 0.29) is 6.10 Å². The second-order valence-corrected chi connectivity index (χ2v) is 6.16. The molecule has 0 radical (unpaired) electrons. The molecule has 1 atom stereocenters. The Morgan fingerprint density at radius 1 is 1.33 bits per heavy atom. The summed E-state index contributed by atoms with van der Waals surface area (Å²) in [5.41, 5.74) is -0.576. The summed E-state index contributed by atoms with van der Waals surface area (Å²) in [6, 6.07) is 7.69. The first-order valence-corrected chi connectivity index (χ1v) is 7.41. The highest BCUT2D eigenvalue weighted by Gasteiger charge is 2.37. The standard InChI is InChI=1S/C16H21NO4/c1-16(15(18)19)6-8-17(9-7-16)10-12-11-20-13-4-2-3-5-14(13)21-12/h2-5,12H,6-11H2,1H3,(H,18,19). The Morgan fingerprint density at radius 3 is 2.67 bits per heavy atom. The third-order valence-corrected chi connectivity index (χ3v) is 4.51. The van der Waals surface area contributed by atoms with Crippen LogP contribution < -0.4 is 9.47 Å². The fourth-order valence-corrected chi connectivity index (χ4v) is 2.88. The largest absolute Gasteiger partial charge is 0.486 e. The zero-order valence-corrected chi connectivity index (χ0v) is 12.2. The molecule has 0 bridgehead atoms. The van der Waals surface area contributed by atoms with Crippen molar-refractivity contribution in [2.75, 3.05) is 26.2 Å². The fraction of sp³-hybridized carbons (Fsp3) is 0.562. The van der Waals surface area contributed by atoms with Crippen molar-refractivity contribution in [3.63, 3.8) is 0 Å². The number of fused-ring (bicyclic) bond motifs is 1. The van der Waals surface area contributed by atoms with Crippen LogP contribution in [0.25, 0.3) is 0 Å². The molecule has 2 aliphatic heterocycles. The minimum atomic E-state index is -0.687. The van der Waals surface area contributed by atoms with Crippen molar-refractivity contribution >= 4 is 5.97 Å². The van der Waals surface area contributed by atoms with Crippen LogP contribution in [0.5, 0.6) is 11.5 Å². The van der Waals surface area contributed by atoms with E-state index in [1.807, 2.05) is 31.2 Å². The van der Waals surface area contributed by atoms with Gasteiger partial charge in [-0.25, -0.2) is 0 Å². The molecule has 5 nitrogen and oxygen atoms in total. The first-order chi connectivity index (χ1) is 10.1. The number of carboxylic acid groups (broad SMARTS) is 1. The maximum Gasteiger partial charge on any atom is 0.309 e. The van der Waals surface area contributed by atoms with Crippen LogP contribution in [-0.2, 0) is 4.79 Å². The molecule has 1 N–H and O–H groups in total. The first-order valence-electron chi connectivity index (χ1n) is 7.41. The monoisotopic (exact) mass is 291 g/mol. The summed E-state index contributed by atoms with van der Waals surface area (Å²) >= 11 is 0. The fourth-order valence-electron chi connectivity index (χ4n) is 2.88. The number of rotatable bonds is 3. The van der Waals surface area contributed by atoms with Crippen molar-refractivity contribution in [3.8, 4) is 11.5 Å². The number of benzene rings is 1. The van der Waals surface area contributed by atoms with Crippen LogP contribution in [0, 0.1) is 5.41 Å². The molecular formula is C16H21NO4. The predicted molar refractivity (Wildman–Crippen MR) is 77.8 cm³/mol. The lowest BCUT2D eigenvalue weighted by Crippen LogP contribution is -2.47. The number of nitrogens with zero attached hydrogens (tertiary/aromatic N) is 1. The maximum atomic E-state index is 11.2. The minimum Gasteiger partial charge on any atom is -0.486 e. The van der Waals surface area contributed by atoms with Crippen LogP contribution in [0.3, 0.4) is 0 Å². The summed E-state index contributed by atoms with van der Waals surface area (Å²) in [5.74, 6) is 0.903. The molecule has 114 valence electrons. The van der Waals surface area contributed by atoms with Crippen LogP contribution in [0.1, 0.15) is 19.8 Å². The Kier molecular flexibility index (Phi) is 3.76. The number of hydrogen-bond donors (Lipinski definition) is 1. The molecular weight excluding hydrogens is 270 g/mol. The van der Waals surface area contributed by atoms with Crippen LogP contribution in [-0.4, -0.2) is 48.3 Å². The van der Waals surface area contributed by atoms with Gasteiger partial charge in [0.05, 0.1) is 5.41 Å². The molecule has 0 spiro atoms. The highest BCUT2D eigenvalue weighted by Crippen LogP contribution is 2.33. The number of hydrogen-bond acceptors (Lipinski definition) is 4. The Hall–Kier alpha value is -1.75. The number of carboxylic acids is 1. The number of likely N-dealkylation sites (tertiary alicyclic amines) is 1. The van der Waals surface area contributed by atoms with E-state index in [9.17, 15) is 9.90 Å². The molecule has 5 heteroatoms. The first kappa shape index (κ1) is 14.2. The molecule has 1 aromatic carbocycles. The van der Waals surface area contributed by atoms with Gasteiger partial charge in [-0.3, -0.25) is 9.69 Å². The van der Waals surface area contributed by atoms with Crippen molar-refractivity contribution in [2.45, 2.75) is 25.9 Å². The Labute approximate surface area is 124 Å². The van der Waals surface area contributed by atoms with Crippen molar-refractivity contribution < 1.29 is 19.4 Å². The van der Waals surface area contributed by atoms with Crippen molar-refractivity contribution in [1.29, 1.82) is 0 Å². The van der Waals surface area contributed by atoms with E-state index in [0.29, 0.717) is 19.4 Å². The summed E-state index contributed by atoms with van der Waals surface area (Å²) in [5, 5.41) is 9.25. The molecule has 1 unspecified atom stereocenters. The van der Waals surface area contributed by atoms with Gasteiger partial charge in [0, 0.05) is 6.54 Å². The summed E-state index contributed by atoms with van der Waals surface area (Å²) in [4.78, 5) is 13.5. The molecule has 1 saturated heterocycles. The number of ether oxygens (including phenoxy) is 2. The Bertz CT molecular complexity index is 523. The SMILES string of the molecule is CC1(C(=O)O)CCN(CC2COc3ccccc3O2)CC1. The van der Waals surface area contributed by atoms with Gasteiger partial charge in [-0.2, -0.15) is 0 Å². The molecule has 1 fully saturated rings. The van der Waals surface area contributed by atoms with Crippen LogP contribution >= 0.6 is 0 Å². The average molecular weight is 291 g/mol. The Morgan fingerprint density at radius 2 is 2.00 bits per heavy atom. The van der Waals surface area contributed by atoms with Gasteiger partial charge in [0.15, 0.2) is 11.5 Å². The van der Waals surface area contributed by atoms with E-state index in [1.165, 1.54) is 0 Å².